The van der Waals surface area contributed by atoms with Crippen molar-refractivity contribution in [2.45, 2.75) is 39.2 Å². The summed E-state index contributed by atoms with van der Waals surface area (Å²) in [4.78, 5) is 0. The third-order valence-electron chi connectivity index (χ3n) is 3.52. The quantitative estimate of drug-likeness (QED) is 0.788. The lowest BCUT2D eigenvalue weighted by molar-refractivity contribution is 0.690. The molecule has 0 spiro atoms. The van der Waals surface area contributed by atoms with Crippen molar-refractivity contribution in [3.63, 3.8) is 0 Å². The highest BCUT2D eigenvalue weighted by Gasteiger charge is 2.07. The molecule has 1 nitrogen and oxygen atoms in total. The number of rotatable bonds is 6. The van der Waals surface area contributed by atoms with Crippen LogP contribution in [-0.4, -0.2) is 6.04 Å². The van der Waals surface area contributed by atoms with E-state index in [9.17, 15) is 0 Å². The Bertz CT molecular complexity index is 490. The third-order valence-corrected chi connectivity index (χ3v) is 3.52. The Hall–Kier alpha value is -1.76. The van der Waals surface area contributed by atoms with Gasteiger partial charge in [0, 0.05) is 11.7 Å². The van der Waals surface area contributed by atoms with Crippen LogP contribution in [0.3, 0.4) is 0 Å². The van der Waals surface area contributed by atoms with E-state index < -0.39 is 0 Å². The van der Waals surface area contributed by atoms with E-state index in [0.717, 1.165) is 19.3 Å². The van der Waals surface area contributed by atoms with Crippen LogP contribution in [0.15, 0.2) is 54.6 Å². The molecule has 0 saturated carbocycles. The number of hydrogen-bond acceptors (Lipinski definition) is 1. The number of hydrogen-bond donors (Lipinski definition) is 1. The van der Waals surface area contributed by atoms with Gasteiger partial charge in [-0.1, -0.05) is 56.3 Å². The lowest BCUT2D eigenvalue weighted by Crippen LogP contribution is -2.21. The second-order valence-corrected chi connectivity index (χ2v) is 4.99. The molecule has 1 N–H and O–H groups in total. The van der Waals surface area contributed by atoms with E-state index in [4.69, 9.17) is 0 Å². The lowest BCUT2D eigenvalue weighted by atomic mass is 10.0. The average Bonchev–Trinajstić information content (AvgIpc) is 2.48. The summed E-state index contributed by atoms with van der Waals surface area (Å²) in [5.41, 5.74) is 4.02. The molecule has 0 aromatic heterocycles. The zero-order valence-corrected chi connectivity index (χ0v) is 11.9. The first-order valence-corrected chi connectivity index (χ1v) is 7.21. The molecule has 19 heavy (non-hydrogen) atoms. The monoisotopic (exact) mass is 253 g/mol. The fourth-order valence-electron chi connectivity index (χ4n) is 2.31. The molecule has 1 atom stereocenters. The van der Waals surface area contributed by atoms with Crippen LogP contribution in [0.5, 0.6) is 0 Å². The normalized spacial score (nSPS) is 12.1. The lowest BCUT2D eigenvalue weighted by Gasteiger charge is -2.19. The van der Waals surface area contributed by atoms with Crippen molar-refractivity contribution < 1.29 is 0 Å². The SMILES string of the molecule is CCc1cccc(NC(CC)Cc2ccccc2)c1. The van der Waals surface area contributed by atoms with Crippen LogP contribution in [0.1, 0.15) is 31.4 Å². The standard InChI is InChI=1S/C18H23N/c1-3-15-11-8-12-18(13-15)19-17(4-2)14-16-9-6-5-7-10-16/h5-13,17,19H,3-4,14H2,1-2H3. The van der Waals surface area contributed by atoms with E-state index in [1.807, 2.05) is 0 Å². The highest BCUT2D eigenvalue weighted by molar-refractivity contribution is 5.46. The molecule has 2 aromatic rings. The maximum Gasteiger partial charge on any atom is 0.0345 e. The predicted octanol–water partition coefficient (Wildman–Crippen LogP) is 4.68. The number of benzene rings is 2. The molecule has 1 heteroatoms. The van der Waals surface area contributed by atoms with Crippen LogP contribution in [0, 0.1) is 0 Å². The second-order valence-electron chi connectivity index (χ2n) is 4.99. The Balaban J connectivity index is 2.02. The Kier molecular flexibility index (Phi) is 5.02. The summed E-state index contributed by atoms with van der Waals surface area (Å²) in [5.74, 6) is 0. The Labute approximate surface area is 116 Å². The predicted molar refractivity (Wildman–Crippen MR) is 83.7 cm³/mol. The van der Waals surface area contributed by atoms with Gasteiger partial charge in [0.15, 0.2) is 0 Å². The Morgan fingerprint density at radius 1 is 0.895 bits per heavy atom. The minimum Gasteiger partial charge on any atom is -0.382 e. The molecule has 0 fully saturated rings. The van der Waals surface area contributed by atoms with Crippen LogP contribution in [0.4, 0.5) is 5.69 Å². The van der Waals surface area contributed by atoms with Gasteiger partial charge in [-0.2, -0.15) is 0 Å². The Morgan fingerprint density at radius 2 is 1.63 bits per heavy atom. The molecule has 0 heterocycles. The summed E-state index contributed by atoms with van der Waals surface area (Å²) in [6.07, 6.45) is 3.30. The van der Waals surface area contributed by atoms with Gasteiger partial charge in [-0.05, 0) is 42.5 Å². The number of aryl methyl sites for hydroxylation is 1. The molecule has 2 aromatic carbocycles. The van der Waals surface area contributed by atoms with E-state index in [1.165, 1.54) is 16.8 Å². The van der Waals surface area contributed by atoms with E-state index in [-0.39, 0.29) is 0 Å². The molecule has 0 radical (unpaired) electrons. The zero-order chi connectivity index (χ0) is 13.5. The summed E-state index contributed by atoms with van der Waals surface area (Å²) < 4.78 is 0. The molecule has 0 bridgehead atoms. The second kappa shape index (κ2) is 6.98. The molecule has 0 saturated heterocycles. The Morgan fingerprint density at radius 3 is 2.32 bits per heavy atom. The first-order valence-electron chi connectivity index (χ1n) is 7.21. The van der Waals surface area contributed by atoms with Gasteiger partial charge in [0.25, 0.3) is 0 Å². The maximum atomic E-state index is 3.65. The molecule has 0 aliphatic carbocycles. The molecule has 0 aliphatic rings. The summed E-state index contributed by atoms with van der Waals surface area (Å²) >= 11 is 0. The van der Waals surface area contributed by atoms with E-state index in [0.29, 0.717) is 6.04 Å². The van der Waals surface area contributed by atoms with E-state index >= 15 is 0 Å². The molecular weight excluding hydrogens is 230 g/mol. The number of anilines is 1. The fraction of sp³-hybridized carbons (Fsp3) is 0.333. The largest absolute Gasteiger partial charge is 0.382 e. The maximum absolute atomic E-state index is 3.65. The van der Waals surface area contributed by atoms with Gasteiger partial charge in [0.1, 0.15) is 0 Å². The smallest absolute Gasteiger partial charge is 0.0345 e. The molecule has 2 rings (SSSR count). The molecule has 0 aliphatic heterocycles. The minimum atomic E-state index is 0.495. The van der Waals surface area contributed by atoms with E-state index in [2.05, 4.69) is 73.8 Å². The van der Waals surface area contributed by atoms with Gasteiger partial charge in [-0.25, -0.2) is 0 Å². The third kappa shape index (κ3) is 4.13. The molecule has 100 valence electrons. The molecule has 1 unspecified atom stereocenters. The van der Waals surface area contributed by atoms with Gasteiger partial charge in [0.05, 0.1) is 0 Å². The minimum absolute atomic E-state index is 0.495. The highest BCUT2D eigenvalue weighted by Crippen LogP contribution is 2.15. The first kappa shape index (κ1) is 13.7. The molecular formula is C18H23N. The zero-order valence-electron chi connectivity index (χ0n) is 11.9. The van der Waals surface area contributed by atoms with Crippen LogP contribution in [0.25, 0.3) is 0 Å². The topological polar surface area (TPSA) is 12.0 Å². The summed E-state index contributed by atoms with van der Waals surface area (Å²) in [6.45, 7) is 4.44. The van der Waals surface area contributed by atoms with Crippen LogP contribution < -0.4 is 5.32 Å². The van der Waals surface area contributed by atoms with Crippen molar-refractivity contribution in [3.8, 4) is 0 Å². The number of nitrogens with one attached hydrogen (secondary N) is 1. The van der Waals surface area contributed by atoms with Crippen molar-refractivity contribution in [2.24, 2.45) is 0 Å². The summed E-state index contributed by atoms with van der Waals surface area (Å²) in [5, 5.41) is 3.65. The average molecular weight is 253 g/mol. The van der Waals surface area contributed by atoms with Gasteiger partial charge in [0.2, 0.25) is 0 Å². The fourth-order valence-corrected chi connectivity index (χ4v) is 2.31. The summed E-state index contributed by atoms with van der Waals surface area (Å²) in [7, 11) is 0. The summed E-state index contributed by atoms with van der Waals surface area (Å²) in [6, 6.07) is 19.9. The highest BCUT2D eigenvalue weighted by atomic mass is 14.9. The van der Waals surface area contributed by atoms with Crippen molar-refractivity contribution >= 4 is 5.69 Å². The van der Waals surface area contributed by atoms with Crippen LogP contribution >= 0.6 is 0 Å². The van der Waals surface area contributed by atoms with Crippen LogP contribution in [-0.2, 0) is 12.8 Å². The van der Waals surface area contributed by atoms with Gasteiger partial charge >= 0.3 is 0 Å². The van der Waals surface area contributed by atoms with Crippen molar-refractivity contribution in [2.75, 3.05) is 5.32 Å². The van der Waals surface area contributed by atoms with Crippen molar-refractivity contribution in [1.82, 2.24) is 0 Å². The molecule has 0 amide bonds. The first-order chi connectivity index (χ1) is 9.31. The van der Waals surface area contributed by atoms with Gasteiger partial charge < -0.3 is 5.32 Å². The van der Waals surface area contributed by atoms with Gasteiger partial charge in [-0.15, -0.1) is 0 Å². The van der Waals surface area contributed by atoms with Gasteiger partial charge in [-0.3, -0.25) is 0 Å². The van der Waals surface area contributed by atoms with Crippen molar-refractivity contribution in [1.29, 1.82) is 0 Å². The van der Waals surface area contributed by atoms with Crippen LogP contribution in [0.2, 0.25) is 0 Å². The van der Waals surface area contributed by atoms with E-state index in [1.54, 1.807) is 0 Å². The van der Waals surface area contributed by atoms with Crippen molar-refractivity contribution in [3.05, 3.63) is 65.7 Å².